The van der Waals surface area contributed by atoms with Gasteiger partial charge in [-0.1, -0.05) is 31.2 Å². The fraction of sp³-hybridized carbons (Fsp3) is 0.286. The smallest absolute Gasteiger partial charge is 0.123 e. The summed E-state index contributed by atoms with van der Waals surface area (Å²) in [6.45, 7) is 2.19. The van der Waals surface area contributed by atoms with Gasteiger partial charge in [-0.3, -0.25) is 0 Å². The topological polar surface area (TPSA) is 20.2 Å². The van der Waals surface area contributed by atoms with Crippen LogP contribution in [0.2, 0.25) is 0 Å². The Labute approximate surface area is 111 Å². The molecule has 2 aromatic rings. The van der Waals surface area contributed by atoms with Gasteiger partial charge in [-0.2, -0.15) is 11.8 Å². The molecule has 0 bridgehead atoms. The van der Waals surface area contributed by atoms with Gasteiger partial charge < -0.3 is 5.11 Å². The molecule has 0 aliphatic carbocycles. The Morgan fingerprint density at radius 2 is 1.76 bits per heavy atom. The molecule has 0 unspecified atom stereocenters. The van der Waals surface area contributed by atoms with Crippen LogP contribution in [0.5, 0.6) is 5.75 Å². The van der Waals surface area contributed by atoms with Gasteiger partial charge in [0.25, 0.3) is 0 Å². The van der Waals surface area contributed by atoms with E-state index in [9.17, 15) is 5.11 Å². The number of phenolic OH excluding ortho intramolecular Hbond substituents is 1. The van der Waals surface area contributed by atoms with Crippen LogP contribution in [-0.2, 0) is 0 Å². The fourth-order valence-electron chi connectivity index (χ4n) is 1.74. The summed E-state index contributed by atoms with van der Waals surface area (Å²) < 4.78 is 0. The molecule has 0 aliphatic heterocycles. The van der Waals surface area contributed by atoms with Crippen LogP contribution >= 0.6 is 23.5 Å². The quantitative estimate of drug-likeness (QED) is 0.639. The summed E-state index contributed by atoms with van der Waals surface area (Å²) >= 11 is 3.83. The van der Waals surface area contributed by atoms with Crippen molar-refractivity contribution in [3.8, 4) is 5.75 Å². The molecule has 0 atom stereocenters. The molecule has 1 N–H and O–H groups in total. The van der Waals surface area contributed by atoms with Crippen LogP contribution in [0.15, 0.2) is 41.3 Å². The van der Waals surface area contributed by atoms with E-state index >= 15 is 0 Å². The van der Waals surface area contributed by atoms with Crippen molar-refractivity contribution in [1.29, 1.82) is 0 Å². The summed E-state index contributed by atoms with van der Waals surface area (Å²) in [5, 5.41) is 11.9. The molecule has 0 fully saturated rings. The lowest BCUT2D eigenvalue weighted by Gasteiger charge is -2.07. The summed E-state index contributed by atoms with van der Waals surface area (Å²) in [5.41, 5.74) is 0. The molecule has 0 spiro atoms. The number of thioether (sulfide) groups is 2. The monoisotopic (exact) mass is 264 g/mol. The van der Waals surface area contributed by atoms with Gasteiger partial charge in [-0.25, -0.2) is 0 Å². The predicted molar refractivity (Wildman–Crippen MR) is 79.3 cm³/mol. The maximum absolute atomic E-state index is 9.79. The van der Waals surface area contributed by atoms with Gasteiger partial charge >= 0.3 is 0 Å². The Hall–Kier alpha value is -0.800. The molecule has 2 rings (SSSR count). The first kappa shape index (κ1) is 12.7. The van der Waals surface area contributed by atoms with E-state index in [0.29, 0.717) is 5.75 Å². The van der Waals surface area contributed by atoms with Crippen LogP contribution in [0.4, 0.5) is 0 Å². The highest BCUT2D eigenvalue weighted by Crippen LogP contribution is 2.33. The van der Waals surface area contributed by atoms with Gasteiger partial charge in [0, 0.05) is 21.8 Å². The molecule has 0 saturated heterocycles. The highest BCUT2D eigenvalue weighted by molar-refractivity contribution is 8.03. The number of aromatic hydroxyl groups is 1. The second kappa shape index (κ2) is 6.22. The Balaban J connectivity index is 2.20. The van der Waals surface area contributed by atoms with E-state index in [-0.39, 0.29) is 0 Å². The highest BCUT2D eigenvalue weighted by atomic mass is 32.2. The number of hydrogen-bond acceptors (Lipinski definition) is 3. The minimum absolute atomic E-state index is 0.368. The lowest BCUT2D eigenvalue weighted by molar-refractivity contribution is 0.481. The number of phenols is 1. The first-order valence-electron chi connectivity index (χ1n) is 5.74. The van der Waals surface area contributed by atoms with Crippen LogP contribution in [0.3, 0.4) is 0 Å². The number of benzene rings is 2. The van der Waals surface area contributed by atoms with E-state index in [1.54, 1.807) is 6.07 Å². The van der Waals surface area contributed by atoms with Crippen molar-refractivity contribution < 1.29 is 5.11 Å². The van der Waals surface area contributed by atoms with E-state index in [0.717, 1.165) is 16.5 Å². The Morgan fingerprint density at radius 1 is 1.00 bits per heavy atom. The molecule has 17 heavy (non-hydrogen) atoms. The first-order chi connectivity index (χ1) is 8.33. The van der Waals surface area contributed by atoms with Gasteiger partial charge in [0.05, 0.1) is 0 Å². The van der Waals surface area contributed by atoms with Crippen LogP contribution in [-0.4, -0.2) is 22.4 Å². The lowest BCUT2D eigenvalue weighted by atomic mass is 10.1. The van der Waals surface area contributed by atoms with Crippen LogP contribution in [0.1, 0.15) is 6.92 Å². The third kappa shape index (κ3) is 3.11. The zero-order chi connectivity index (χ0) is 12.1. The summed E-state index contributed by atoms with van der Waals surface area (Å²) in [6, 6.07) is 11.8. The fourth-order valence-corrected chi connectivity index (χ4v) is 3.55. The molecule has 90 valence electrons. The molecular formula is C14H16OS2. The molecule has 0 aliphatic rings. The SMILES string of the molecule is CCSCCSc1ccc(O)c2ccccc12. The molecule has 2 aromatic carbocycles. The number of rotatable bonds is 5. The standard InChI is InChI=1S/C14H16OS2/c1-2-16-9-10-17-14-8-7-13(15)11-5-3-4-6-12(11)14/h3-8,15H,2,9-10H2,1H3. The normalized spacial score (nSPS) is 10.9. The van der Waals surface area contributed by atoms with E-state index in [1.165, 1.54) is 16.4 Å². The van der Waals surface area contributed by atoms with Gasteiger partial charge in [-0.05, 0) is 23.3 Å². The first-order valence-corrected chi connectivity index (χ1v) is 7.88. The molecule has 1 nitrogen and oxygen atoms in total. The summed E-state index contributed by atoms with van der Waals surface area (Å²) in [6.07, 6.45) is 0. The Bertz CT molecular complexity index is 497. The van der Waals surface area contributed by atoms with Crippen LogP contribution < -0.4 is 0 Å². The largest absolute Gasteiger partial charge is 0.507 e. The molecule has 0 heterocycles. The van der Waals surface area contributed by atoms with Gasteiger partial charge in [0.15, 0.2) is 0 Å². The average molecular weight is 264 g/mol. The maximum atomic E-state index is 9.79. The molecule has 0 amide bonds. The van der Waals surface area contributed by atoms with Crippen molar-refractivity contribution in [2.45, 2.75) is 11.8 Å². The third-order valence-corrected chi connectivity index (χ3v) is 4.79. The molecule has 3 heteroatoms. The maximum Gasteiger partial charge on any atom is 0.123 e. The minimum atomic E-state index is 0.368. The van der Waals surface area contributed by atoms with E-state index in [2.05, 4.69) is 13.0 Å². The van der Waals surface area contributed by atoms with E-state index < -0.39 is 0 Å². The zero-order valence-corrected chi connectivity index (χ0v) is 11.5. The predicted octanol–water partition coefficient (Wildman–Crippen LogP) is 4.39. The Kier molecular flexibility index (Phi) is 4.63. The second-order valence-corrected chi connectivity index (χ2v) is 6.20. The van der Waals surface area contributed by atoms with Gasteiger partial charge in [-0.15, -0.1) is 11.8 Å². The van der Waals surface area contributed by atoms with Crippen molar-refractivity contribution >= 4 is 34.3 Å². The van der Waals surface area contributed by atoms with Gasteiger partial charge in [0.1, 0.15) is 5.75 Å². The summed E-state index contributed by atoms with van der Waals surface area (Å²) in [5.74, 6) is 3.84. The lowest BCUT2D eigenvalue weighted by Crippen LogP contribution is -1.85. The van der Waals surface area contributed by atoms with Crippen molar-refractivity contribution in [1.82, 2.24) is 0 Å². The Morgan fingerprint density at radius 3 is 2.53 bits per heavy atom. The highest BCUT2D eigenvalue weighted by Gasteiger charge is 2.04. The van der Waals surface area contributed by atoms with Crippen LogP contribution in [0.25, 0.3) is 10.8 Å². The van der Waals surface area contributed by atoms with Crippen molar-refractivity contribution in [2.75, 3.05) is 17.3 Å². The number of hydrogen-bond donors (Lipinski definition) is 1. The number of fused-ring (bicyclic) bond motifs is 1. The molecule has 0 saturated carbocycles. The average Bonchev–Trinajstić information content (AvgIpc) is 2.37. The van der Waals surface area contributed by atoms with Crippen molar-refractivity contribution in [3.05, 3.63) is 36.4 Å². The summed E-state index contributed by atoms with van der Waals surface area (Å²) in [7, 11) is 0. The molecular weight excluding hydrogens is 248 g/mol. The van der Waals surface area contributed by atoms with Crippen LogP contribution in [0, 0.1) is 0 Å². The summed E-state index contributed by atoms with van der Waals surface area (Å²) in [4.78, 5) is 1.26. The van der Waals surface area contributed by atoms with Crippen molar-refractivity contribution in [2.24, 2.45) is 0 Å². The van der Waals surface area contributed by atoms with Gasteiger partial charge in [0.2, 0.25) is 0 Å². The van der Waals surface area contributed by atoms with Crippen molar-refractivity contribution in [3.63, 3.8) is 0 Å². The zero-order valence-electron chi connectivity index (χ0n) is 9.85. The third-order valence-electron chi connectivity index (χ3n) is 2.55. The molecule has 0 radical (unpaired) electrons. The second-order valence-electron chi connectivity index (χ2n) is 3.67. The molecule has 0 aromatic heterocycles. The van der Waals surface area contributed by atoms with E-state index in [1.807, 2.05) is 47.8 Å². The van der Waals surface area contributed by atoms with E-state index in [4.69, 9.17) is 0 Å². The minimum Gasteiger partial charge on any atom is -0.507 e.